The Balaban J connectivity index is 2.02. The Labute approximate surface area is 138 Å². The molecule has 0 spiro atoms. The number of carbonyl (C=O) groups is 2. The largest absolute Gasteiger partial charge is 0.507 e. The molecule has 0 atom stereocenters. The van der Waals surface area contributed by atoms with Crippen LogP contribution in [-0.2, 0) is 4.79 Å². The molecule has 0 aliphatic heterocycles. The van der Waals surface area contributed by atoms with Gasteiger partial charge in [-0.2, -0.15) is 0 Å². The summed E-state index contributed by atoms with van der Waals surface area (Å²) in [5, 5.41) is 14.1. The summed E-state index contributed by atoms with van der Waals surface area (Å²) in [6.07, 6.45) is 1.05. The summed E-state index contributed by atoms with van der Waals surface area (Å²) in [6, 6.07) is 10.5. The minimum Gasteiger partial charge on any atom is -0.507 e. The van der Waals surface area contributed by atoms with E-state index in [1.54, 1.807) is 6.07 Å². The lowest BCUT2D eigenvalue weighted by molar-refractivity contribution is -0.119. The highest BCUT2D eigenvalue weighted by atomic mass is 32.1. The van der Waals surface area contributed by atoms with E-state index in [1.165, 1.54) is 6.07 Å². The van der Waals surface area contributed by atoms with Crippen molar-refractivity contribution in [1.82, 2.24) is 16.2 Å². The third kappa shape index (κ3) is 4.40. The van der Waals surface area contributed by atoms with Crippen LogP contribution in [0.25, 0.3) is 10.8 Å². The molecule has 23 heavy (non-hydrogen) atoms. The Bertz CT molecular complexity index is 761. The fourth-order valence-corrected chi connectivity index (χ4v) is 2.20. The average Bonchev–Trinajstić information content (AvgIpc) is 2.52. The zero-order chi connectivity index (χ0) is 16.8. The number of hydrogen-bond acceptors (Lipinski definition) is 4. The Kier molecular flexibility index (Phi) is 5.48. The number of nitrogens with one attached hydrogen (secondary N) is 3. The predicted molar refractivity (Wildman–Crippen MR) is 91.9 cm³/mol. The van der Waals surface area contributed by atoms with Crippen LogP contribution >= 0.6 is 12.2 Å². The number of benzene rings is 2. The van der Waals surface area contributed by atoms with E-state index in [0.717, 1.165) is 10.8 Å². The SMILES string of the molecule is CCCC(=O)NC(=S)NNC(=O)c1cc2ccccc2cc1O. The Morgan fingerprint density at radius 2 is 1.78 bits per heavy atom. The number of amides is 2. The van der Waals surface area contributed by atoms with Gasteiger partial charge in [0, 0.05) is 6.42 Å². The lowest BCUT2D eigenvalue weighted by atomic mass is 10.1. The van der Waals surface area contributed by atoms with Crippen LogP contribution in [0, 0.1) is 0 Å². The van der Waals surface area contributed by atoms with Crippen molar-refractivity contribution in [2.75, 3.05) is 0 Å². The van der Waals surface area contributed by atoms with Gasteiger partial charge in [-0.1, -0.05) is 31.2 Å². The van der Waals surface area contributed by atoms with Gasteiger partial charge in [0.05, 0.1) is 5.56 Å². The van der Waals surface area contributed by atoms with E-state index in [-0.39, 0.29) is 22.3 Å². The monoisotopic (exact) mass is 331 g/mol. The molecule has 0 aliphatic carbocycles. The number of fused-ring (bicyclic) bond motifs is 1. The zero-order valence-electron chi connectivity index (χ0n) is 12.6. The van der Waals surface area contributed by atoms with Crippen molar-refractivity contribution in [2.45, 2.75) is 19.8 Å². The summed E-state index contributed by atoms with van der Waals surface area (Å²) >= 11 is 4.90. The summed E-state index contributed by atoms with van der Waals surface area (Å²) in [5.41, 5.74) is 4.89. The third-order valence-corrected chi connectivity index (χ3v) is 3.33. The van der Waals surface area contributed by atoms with Crippen LogP contribution in [0.4, 0.5) is 0 Å². The van der Waals surface area contributed by atoms with Crippen molar-refractivity contribution < 1.29 is 14.7 Å². The summed E-state index contributed by atoms with van der Waals surface area (Å²) in [5.74, 6) is -0.919. The number of rotatable bonds is 3. The fraction of sp³-hybridized carbons (Fsp3) is 0.188. The molecule has 0 saturated heterocycles. The molecule has 2 aromatic carbocycles. The highest BCUT2D eigenvalue weighted by Crippen LogP contribution is 2.24. The number of carbonyl (C=O) groups excluding carboxylic acids is 2. The van der Waals surface area contributed by atoms with Gasteiger partial charge in [0.1, 0.15) is 5.75 Å². The van der Waals surface area contributed by atoms with Gasteiger partial charge in [-0.05, 0) is 41.5 Å². The quantitative estimate of drug-likeness (QED) is 0.510. The second-order valence-electron chi connectivity index (χ2n) is 4.92. The summed E-state index contributed by atoms with van der Waals surface area (Å²) in [7, 11) is 0. The standard InChI is InChI=1S/C16H17N3O3S/c1-2-5-14(21)17-16(23)19-18-15(22)12-8-10-6-3-4-7-11(10)9-13(12)20/h3-4,6-9,20H,2,5H2,1H3,(H,18,22)(H2,17,19,21,23). The molecule has 0 saturated carbocycles. The summed E-state index contributed by atoms with van der Waals surface area (Å²) < 4.78 is 0. The van der Waals surface area contributed by atoms with Crippen molar-refractivity contribution in [3.05, 3.63) is 42.0 Å². The third-order valence-electron chi connectivity index (χ3n) is 3.13. The molecule has 2 amide bonds. The predicted octanol–water partition coefficient (Wildman–Crippen LogP) is 1.98. The zero-order valence-corrected chi connectivity index (χ0v) is 13.4. The maximum atomic E-state index is 12.1. The van der Waals surface area contributed by atoms with Crippen LogP contribution < -0.4 is 16.2 Å². The number of phenols is 1. The Morgan fingerprint density at radius 1 is 1.13 bits per heavy atom. The second-order valence-corrected chi connectivity index (χ2v) is 5.33. The molecule has 0 aromatic heterocycles. The second kappa shape index (κ2) is 7.55. The van der Waals surface area contributed by atoms with Gasteiger partial charge in [-0.15, -0.1) is 0 Å². The Hall–Kier alpha value is -2.67. The average molecular weight is 331 g/mol. The van der Waals surface area contributed by atoms with Crippen molar-refractivity contribution in [1.29, 1.82) is 0 Å². The van der Waals surface area contributed by atoms with E-state index < -0.39 is 5.91 Å². The van der Waals surface area contributed by atoms with Crippen LogP contribution in [0.3, 0.4) is 0 Å². The van der Waals surface area contributed by atoms with Crippen LogP contribution in [0.1, 0.15) is 30.1 Å². The van der Waals surface area contributed by atoms with Crippen molar-refractivity contribution in [3.63, 3.8) is 0 Å². The molecule has 0 bridgehead atoms. The van der Waals surface area contributed by atoms with Crippen molar-refractivity contribution in [2.24, 2.45) is 0 Å². The molecular weight excluding hydrogens is 314 g/mol. The van der Waals surface area contributed by atoms with Crippen LogP contribution in [-0.4, -0.2) is 22.0 Å². The molecule has 0 unspecified atom stereocenters. The van der Waals surface area contributed by atoms with E-state index >= 15 is 0 Å². The first-order chi connectivity index (χ1) is 11.0. The van der Waals surface area contributed by atoms with Gasteiger partial charge in [-0.3, -0.25) is 20.4 Å². The highest BCUT2D eigenvalue weighted by molar-refractivity contribution is 7.80. The van der Waals surface area contributed by atoms with Crippen LogP contribution in [0.2, 0.25) is 0 Å². The number of phenolic OH excluding ortho intramolecular Hbond substituents is 1. The normalized spacial score (nSPS) is 10.1. The molecule has 0 fully saturated rings. The van der Waals surface area contributed by atoms with E-state index in [0.29, 0.717) is 12.8 Å². The number of hydrogen-bond donors (Lipinski definition) is 4. The molecule has 2 rings (SSSR count). The summed E-state index contributed by atoms with van der Waals surface area (Å²) in [6.45, 7) is 1.88. The first-order valence-corrected chi connectivity index (χ1v) is 7.54. The molecule has 0 radical (unpaired) electrons. The highest BCUT2D eigenvalue weighted by Gasteiger charge is 2.13. The van der Waals surface area contributed by atoms with E-state index in [1.807, 2.05) is 31.2 Å². The fourth-order valence-electron chi connectivity index (χ4n) is 2.04. The van der Waals surface area contributed by atoms with Gasteiger partial charge in [0.25, 0.3) is 5.91 Å². The summed E-state index contributed by atoms with van der Waals surface area (Å²) in [4.78, 5) is 23.5. The molecule has 0 aliphatic rings. The maximum absolute atomic E-state index is 12.1. The van der Waals surface area contributed by atoms with Gasteiger partial charge in [0.2, 0.25) is 5.91 Å². The van der Waals surface area contributed by atoms with Crippen molar-refractivity contribution >= 4 is 39.9 Å². The molecule has 120 valence electrons. The van der Waals surface area contributed by atoms with Gasteiger partial charge >= 0.3 is 0 Å². The Morgan fingerprint density at radius 3 is 2.43 bits per heavy atom. The molecule has 4 N–H and O–H groups in total. The molecule has 0 heterocycles. The van der Waals surface area contributed by atoms with Gasteiger partial charge in [-0.25, -0.2) is 0 Å². The minimum absolute atomic E-state index is 0.00270. The maximum Gasteiger partial charge on any atom is 0.273 e. The van der Waals surface area contributed by atoms with E-state index in [4.69, 9.17) is 12.2 Å². The molecule has 2 aromatic rings. The lowest BCUT2D eigenvalue weighted by Gasteiger charge is -2.11. The van der Waals surface area contributed by atoms with Gasteiger partial charge in [0.15, 0.2) is 5.11 Å². The smallest absolute Gasteiger partial charge is 0.273 e. The van der Waals surface area contributed by atoms with Gasteiger partial charge < -0.3 is 10.4 Å². The van der Waals surface area contributed by atoms with E-state index in [2.05, 4.69) is 16.2 Å². The molecule has 7 heteroatoms. The van der Waals surface area contributed by atoms with E-state index in [9.17, 15) is 14.7 Å². The first kappa shape index (κ1) is 16.7. The molecular formula is C16H17N3O3S. The molecule has 6 nitrogen and oxygen atoms in total. The topological polar surface area (TPSA) is 90.5 Å². The minimum atomic E-state index is -0.555. The number of aromatic hydroxyl groups is 1. The van der Waals surface area contributed by atoms with Crippen LogP contribution in [0.5, 0.6) is 5.75 Å². The lowest BCUT2D eigenvalue weighted by Crippen LogP contribution is -2.48. The van der Waals surface area contributed by atoms with Crippen molar-refractivity contribution in [3.8, 4) is 5.75 Å². The first-order valence-electron chi connectivity index (χ1n) is 7.13. The number of thiocarbonyl (C=S) groups is 1. The van der Waals surface area contributed by atoms with Crippen LogP contribution in [0.15, 0.2) is 36.4 Å². The number of hydrazine groups is 1.